The molecule has 0 bridgehead atoms. The van der Waals surface area contributed by atoms with Gasteiger partial charge in [-0.1, -0.05) is 12.1 Å². The molecule has 0 saturated carbocycles. The number of aromatic nitrogens is 3. The fourth-order valence-electron chi connectivity index (χ4n) is 4.93. The van der Waals surface area contributed by atoms with Crippen molar-refractivity contribution in [3.63, 3.8) is 0 Å². The van der Waals surface area contributed by atoms with Crippen LogP contribution in [0.15, 0.2) is 79.1 Å². The number of nitrogens with zero attached hydrogens (tertiary/aromatic N) is 4. The van der Waals surface area contributed by atoms with E-state index in [1.54, 1.807) is 18.3 Å². The van der Waals surface area contributed by atoms with Crippen molar-refractivity contribution in [1.82, 2.24) is 24.8 Å². The normalized spacial score (nSPS) is 17.2. The first-order valence-electron chi connectivity index (χ1n) is 11.7. The van der Waals surface area contributed by atoms with Crippen molar-refractivity contribution in [2.45, 2.75) is 32.5 Å². The molecule has 36 heavy (non-hydrogen) atoms. The second-order valence-electron chi connectivity index (χ2n) is 8.78. The Labute approximate surface area is 215 Å². The van der Waals surface area contributed by atoms with Gasteiger partial charge < -0.3 is 19.5 Å². The number of aryl methyl sites for hydroxylation is 1. The molecule has 2 atom stereocenters. The number of carbonyl (C=O) groups is 1. The summed E-state index contributed by atoms with van der Waals surface area (Å²) in [4.78, 5) is 23.3. The second-order valence-corrected chi connectivity index (χ2v) is 9.16. The van der Waals surface area contributed by atoms with E-state index in [0.717, 1.165) is 34.0 Å². The maximum Gasteiger partial charge on any atom is 0.337 e. The number of thiocarbonyl (C=S) groups is 1. The average Bonchev–Trinajstić information content (AvgIpc) is 3.39. The van der Waals surface area contributed by atoms with E-state index in [0.29, 0.717) is 17.2 Å². The van der Waals surface area contributed by atoms with E-state index in [1.165, 1.54) is 7.11 Å². The van der Waals surface area contributed by atoms with Crippen LogP contribution in [-0.2, 0) is 11.3 Å². The van der Waals surface area contributed by atoms with Gasteiger partial charge >= 0.3 is 5.97 Å². The van der Waals surface area contributed by atoms with Gasteiger partial charge in [-0.15, -0.1) is 0 Å². The lowest BCUT2D eigenvalue weighted by atomic mass is 9.96. The minimum atomic E-state index is -0.350. The first-order valence-corrected chi connectivity index (χ1v) is 12.1. The lowest BCUT2D eigenvalue weighted by Gasteiger charge is -2.28. The number of rotatable bonds is 6. The molecule has 7 nitrogen and oxygen atoms in total. The largest absolute Gasteiger partial charge is 0.465 e. The summed E-state index contributed by atoms with van der Waals surface area (Å²) in [6, 6.07) is 21.3. The Bertz CT molecular complexity index is 1390. The van der Waals surface area contributed by atoms with Gasteiger partial charge in [0.2, 0.25) is 0 Å². The number of benzene rings is 1. The molecule has 1 aliphatic heterocycles. The fraction of sp³-hybridized carbons (Fsp3) is 0.214. The van der Waals surface area contributed by atoms with Crippen LogP contribution in [0.3, 0.4) is 0 Å². The molecule has 0 radical (unpaired) electrons. The van der Waals surface area contributed by atoms with Crippen molar-refractivity contribution in [3.05, 3.63) is 113 Å². The monoisotopic (exact) mass is 497 g/mol. The number of pyridine rings is 2. The van der Waals surface area contributed by atoms with Gasteiger partial charge in [-0.3, -0.25) is 9.97 Å². The molecule has 0 unspecified atom stereocenters. The topological polar surface area (TPSA) is 72.3 Å². The van der Waals surface area contributed by atoms with Crippen LogP contribution in [0.1, 0.15) is 50.8 Å². The predicted octanol–water partition coefficient (Wildman–Crippen LogP) is 4.84. The number of ether oxygens (including phenoxy) is 1. The van der Waals surface area contributed by atoms with Crippen LogP contribution in [0.25, 0.3) is 5.69 Å². The van der Waals surface area contributed by atoms with Crippen LogP contribution in [0.4, 0.5) is 0 Å². The highest BCUT2D eigenvalue weighted by molar-refractivity contribution is 7.80. The molecule has 1 N–H and O–H groups in total. The fourth-order valence-corrected chi connectivity index (χ4v) is 5.23. The SMILES string of the molecule is COC(=O)c1ccc(-n2c(C)cc([C@@H]3[C@@H](c4ccccn4)NC(=S)N3Cc3ccccn3)c2C)cc1. The van der Waals surface area contributed by atoms with Crippen molar-refractivity contribution in [1.29, 1.82) is 0 Å². The van der Waals surface area contributed by atoms with Gasteiger partial charge in [0, 0.05) is 29.5 Å². The highest BCUT2D eigenvalue weighted by Gasteiger charge is 2.41. The van der Waals surface area contributed by atoms with E-state index in [9.17, 15) is 4.79 Å². The number of carbonyl (C=O) groups excluding carboxylic acids is 1. The number of hydrogen-bond donors (Lipinski definition) is 1. The third-order valence-electron chi connectivity index (χ3n) is 6.59. The Balaban J connectivity index is 1.58. The molecule has 0 amide bonds. The van der Waals surface area contributed by atoms with E-state index < -0.39 is 0 Å². The summed E-state index contributed by atoms with van der Waals surface area (Å²) in [5.74, 6) is -0.350. The number of hydrogen-bond acceptors (Lipinski definition) is 5. The van der Waals surface area contributed by atoms with Crippen molar-refractivity contribution in [3.8, 4) is 5.69 Å². The molecule has 1 saturated heterocycles. The minimum Gasteiger partial charge on any atom is -0.465 e. The van der Waals surface area contributed by atoms with Crippen molar-refractivity contribution < 1.29 is 9.53 Å². The molecule has 8 heteroatoms. The zero-order chi connectivity index (χ0) is 25.2. The van der Waals surface area contributed by atoms with Gasteiger partial charge in [0.1, 0.15) is 0 Å². The summed E-state index contributed by atoms with van der Waals surface area (Å²) in [5, 5.41) is 4.19. The van der Waals surface area contributed by atoms with Crippen molar-refractivity contribution in [2.24, 2.45) is 0 Å². The first kappa shape index (κ1) is 23.7. The summed E-state index contributed by atoms with van der Waals surface area (Å²) >= 11 is 5.83. The van der Waals surface area contributed by atoms with Gasteiger partial charge in [-0.2, -0.15) is 0 Å². The van der Waals surface area contributed by atoms with Gasteiger partial charge in [0.25, 0.3) is 0 Å². The predicted molar refractivity (Wildman–Crippen MR) is 142 cm³/mol. The maximum atomic E-state index is 11.9. The van der Waals surface area contributed by atoms with E-state index in [1.807, 2.05) is 54.7 Å². The third kappa shape index (κ3) is 4.35. The smallest absolute Gasteiger partial charge is 0.337 e. The molecular weight excluding hydrogens is 470 g/mol. The number of methoxy groups -OCH3 is 1. The summed E-state index contributed by atoms with van der Waals surface area (Å²) in [5.41, 5.74) is 6.71. The quantitative estimate of drug-likeness (QED) is 0.302. The Kier molecular flexibility index (Phi) is 6.52. The second kappa shape index (κ2) is 9.91. The van der Waals surface area contributed by atoms with Gasteiger partial charge in [-0.25, -0.2) is 4.79 Å². The van der Waals surface area contributed by atoms with Crippen LogP contribution in [0.2, 0.25) is 0 Å². The van der Waals surface area contributed by atoms with E-state index in [2.05, 4.69) is 44.7 Å². The Hall–Kier alpha value is -4.04. The molecule has 3 aromatic heterocycles. The number of nitrogens with one attached hydrogen (secondary N) is 1. The van der Waals surface area contributed by atoms with Crippen LogP contribution in [0, 0.1) is 13.8 Å². The van der Waals surface area contributed by atoms with Gasteiger partial charge in [0.15, 0.2) is 5.11 Å². The molecule has 4 heterocycles. The highest BCUT2D eigenvalue weighted by Crippen LogP contribution is 2.42. The molecule has 0 spiro atoms. The molecule has 182 valence electrons. The Morgan fingerprint density at radius 3 is 2.39 bits per heavy atom. The van der Waals surface area contributed by atoms with Crippen molar-refractivity contribution in [2.75, 3.05) is 7.11 Å². The van der Waals surface area contributed by atoms with Gasteiger partial charge in [0.05, 0.1) is 42.7 Å². The lowest BCUT2D eigenvalue weighted by Crippen LogP contribution is -2.29. The molecule has 1 aliphatic rings. The zero-order valence-electron chi connectivity index (χ0n) is 20.4. The van der Waals surface area contributed by atoms with Crippen LogP contribution >= 0.6 is 12.2 Å². The van der Waals surface area contributed by atoms with Crippen LogP contribution < -0.4 is 5.32 Å². The molecule has 1 fully saturated rings. The highest BCUT2D eigenvalue weighted by atomic mass is 32.1. The van der Waals surface area contributed by atoms with E-state index in [4.69, 9.17) is 17.0 Å². The molecular formula is C28H27N5O2S. The first-order chi connectivity index (χ1) is 17.5. The summed E-state index contributed by atoms with van der Waals surface area (Å²) < 4.78 is 7.04. The van der Waals surface area contributed by atoms with Gasteiger partial charge in [-0.05, 0) is 86.2 Å². The van der Waals surface area contributed by atoms with E-state index in [-0.39, 0.29) is 18.1 Å². The summed E-state index contributed by atoms with van der Waals surface area (Å²) in [6.07, 6.45) is 3.61. The Morgan fingerprint density at radius 1 is 1.03 bits per heavy atom. The number of esters is 1. The molecule has 4 aromatic rings. The minimum absolute atomic E-state index is 0.0799. The molecule has 1 aromatic carbocycles. The summed E-state index contributed by atoms with van der Waals surface area (Å²) in [6.45, 7) is 4.79. The van der Waals surface area contributed by atoms with Crippen LogP contribution in [-0.4, -0.2) is 37.6 Å². The lowest BCUT2D eigenvalue weighted by molar-refractivity contribution is 0.0600. The molecule has 0 aliphatic carbocycles. The van der Waals surface area contributed by atoms with Crippen LogP contribution in [0.5, 0.6) is 0 Å². The third-order valence-corrected chi connectivity index (χ3v) is 6.94. The standard InChI is InChI=1S/C28H27N5O2S/c1-18-16-23(19(2)33(18)22-12-10-20(11-13-22)27(34)35-3)26-25(24-9-5-7-15-30-24)31-28(36)32(26)17-21-8-4-6-14-29-21/h4-16,25-26H,17H2,1-3H3,(H,31,36)/t25-,26-/m1/s1. The maximum absolute atomic E-state index is 11.9. The van der Waals surface area contributed by atoms with Crippen molar-refractivity contribution >= 4 is 23.3 Å². The Morgan fingerprint density at radius 2 is 1.75 bits per heavy atom. The average molecular weight is 498 g/mol. The molecule has 5 rings (SSSR count). The zero-order valence-corrected chi connectivity index (χ0v) is 21.2. The summed E-state index contributed by atoms with van der Waals surface area (Å²) in [7, 11) is 1.39. The van der Waals surface area contributed by atoms with E-state index >= 15 is 0 Å².